The normalized spacial score (nSPS) is 17.0. The number of carboxylic acids is 1. The molecule has 11 heteroatoms. The maximum Gasteiger partial charge on any atom is 0.418 e. The van der Waals surface area contributed by atoms with Gasteiger partial charge in [-0.2, -0.15) is 13.2 Å². The highest BCUT2D eigenvalue weighted by atomic mass is 32.2. The van der Waals surface area contributed by atoms with E-state index in [2.05, 4.69) is 5.32 Å². The first-order valence-corrected chi connectivity index (χ1v) is 11.3. The number of anilines is 1. The first-order chi connectivity index (χ1) is 13.9. The van der Waals surface area contributed by atoms with Crippen molar-refractivity contribution in [1.29, 1.82) is 0 Å². The van der Waals surface area contributed by atoms with Gasteiger partial charge in [0.25, 0.3) is 0 Å². The number of sulfone groups is 1. The number of carbonyl (C=O) groups excluding carboxylic acids is 2. The van der Waals surface area contributed by atoms with E-state index in [1.54, 1.807) is 0 Å². The molecule has 7 nitrogen and oxygen atoms in total. The molecular weight excluding hydrogens is 439 g/mol. The van der Waals surface area contributed by atoms with Gasteiger partial charge in [0.05, 0.1) is 11.3 Å². The summed E-state index contributed by atoms with van der Waals surface area (Å²) >= 11 is 0. The van der Waals surface area contributed by atoms with Crippen LogP contribution in [0.2, 0.25) is 0 Å². The van der Waals surface area contributed by atoms with Crippen LogP contribution in [0.25, 0.3) is 0 Å². The zero-order valence-electron chi connectivity index (χ0n) is 17.7. The second kappa shape index (κ2) is 7.61. The van der Waals surface area contributed by atoms with E-state index >= 15 is 0 Å². The van der Waals surface area contributed by atoms with Crippen LogP contribution >= 0.6 is 0 Å². The van der Waals surface area contributed by atoms with Crippen LogP contribution in [-0.2, 0) is 25.6 Å². The molecule has 0 radical (unpaired) electrons. The second-order valence-electron chi connectivity index (χ2n) is 8.66. The van der Waals surface area contributed by atoms with Crippen molar-refractivity contribution in [2.24, 2.45) is 16.7 Å². The third-order valence-electron chi connectivity index (χ3n) is 5.43. The highest BCUT2D eigenvalue weighted by molar-refractivity contribution is 7.91. The smallest absolute Gasteiger partial charge is 0.418 e. The summed E-state index contributed by atoms with van der Waals surface area (Å²) in [5, 5.41) is 12.2. The lowest BCUT2D eigenvalue weighted by molar-refractivity contribution is -0.158. The minimum Gasteiger partial charge on any atom is -0.480 e. The molecule has 1 atom stereocenters. The number of alkyl halides is 3. The summed E-state index contributed by atoms with van der Waals surface area (Å²) in [6.45, 7) is 4.05. The van der Waals surface area contributed by atoms with Crippen LogP contribution in [0.3, 0.4) is 0 Å². The zero-order valence-corrected chi connectivity index (χ0v) is 18.5. The van der Waals surface area contributed by atoms with Gasteiger partial charge in [0, 0.05) is 24.8 Å². The third kappa shape index (κ3) is 4.07. The molecule has 1 aromatic rings. The maximum atomic E-state index is 13.7. The second-order valence-corrected chi connectivity index (χ2v) is 10.6. The lowest BCUT2D eigenvalue weighted by atomic mass is 9.59. The molecule has 0 bridgehead atoms. The first-order valence-electron chi connectivity index (χ1n) is 9.36. The van der Waals surface area contributed by atoms with Crippen LogP contribution in [0.1, 0.15) is 49.5 Å². The Morgan fingerprint density at radius 3 is 1.94 bits per heavy atom. The molecule has 0 aliphatic heterocycles. The lowest BCUT2D eigenvalue weighted by Crippen LogP contribution is -2.56. The molecular formula is C20H24F3NO6S. The number of nitrogens with one attached hydrogen (secondary N) is 1. The van der Waals surface area contributed by atoms with E-state index in [1.165, 1.54) is 20.8 Å². The van der Waals surface area contributed by atoms with E-state index in [9.17, 15) is 41.1 Å². The number of hydrogen-bond donors (Lipinski definition) is 2. The molecule has 31 heavy (non-hydrogen) atoms. The number of carbonyl (C=O) groups is 3. The molecule has 0 aromatic heterocycles. The SMILES string of the molecule is CNc1c(C(F)(F)F)ccc(C(=O)C(C(=O)O)(C(=O)C2CC2)C(C)(C)C)c1S(C)(=O)=O. The molecule has 0 heterocycles. The van der Waals surface area contributed by atoms with E-state index in [1.807, 2.05) is 0 Å². The summed E-state index contributed by atoms with van der Waals surface area (Å²) < 4.78 is 65.4. The average Bonchev–Trinajstić information content (AvgIpc) is 3.42. The fraction of sp³-hybridized carbons (Fsp3) is 0.550. The number of carboxylic acid groups (broad SMARTS) is 1. The quantitative estimate of drug-likeness (QED) is 0.470. The highest BCUT2D eigenvalue weighted by Gasteiger charge is 2.64. The predicted octanol–water partition coefficient (Wildman–Crippen LogP) is 3.43. The molecule has 1 unspecified atom stereocenters. The maximum absolute atomic E-state index is 13.7. The van der Waals surface area contributed by atoms with E-state index in [4.69, 9.17) is 0 Å². The minimum absolute atomic E-state index is 0.380. The van der Waals surface area contributed by atoms with Crippen molar-refractivity contribution in [3.8, 4) is 0 Å². The Balaban J connectivity index is 2.98. The van der Waals surface area contributed by atoms with Gasteiger partial charge in [-0.3, -0.25) is 14.4 Å². The van der Waals surface area contributed by atoms with Gasteiger partial charge in [-0.1, -0.05) is 20.8 Å². The molecule has 0 saturated heterocycles. The Morgan fingerprint density at radius 1 is 1.10 bits per heavy atom. The number of rotatable bonds is 7. The molecule has 0 spiro atoms. The van der Waals surface area contributed by atoms with Gasteiger partial charge in [-0.25, -0.2) is 8.42 Å². The summed E-state index contributed by atoms with van der Waals surface area (Å²) in [4.78, 5) is 38.2. The molecule has 1 aromatic carbocycles. The third-order valence-corrected chi connectivity index (χ3v) is 6.60. The van der Waals surface area contributed by atoms with Gasteiger partial charge < -0.3 is 10.4 Å². The molecule has 1 aliphatic carbocycles. The van der Waals surface area contributed by atoms with E-state index in [0.717, 1.165) is 7.05 Å². The number of hydrogen-bond acceptors (Lipinski definition) is 6. The molecule has 0 amide bonds. The summed E-state index contributed by atoms with van der Waals surface area (Å²) in [5.41, 5.74) is -7.15. The Morgan fingerprint density at radius 2 is 1.61 bits per heavy atom. The highest BCUT2D eigenvalue weighted by Crippen LogP contribution is 2.50. The van der Waals surface area contributed by atoms with Gasteiger partial charge >= 0.3 is 12.1 Å². The number of halogens is 3. The molecule has 1 aliphatic rings. The Labute approximate surface area is 177 Å². The molecule has 2 rings (SSSR count). The zero-order chi connectivity index (χ0) is 24.2. The van der Waals surface area contributed by atoms with E-state index in [-0.39, 0.29) is 0 Å². The van der Waals surface area contributed by atoms with Crippen LogP contribution in [0.15, 0.2) is 17.0 Å². The fourth-order valence-electron chi connectivity index (χ4n) is 3.83. The van der Waals surface area contributed by atoms with Gasteiger partial charge in [0.1, 0.15) is 4.90 Å². The lowest BCUT2D eigenvalue weighted by Gasteiger charge is -2.39. The number of Topliss-reactive ketones (excluding diaryl/α,β-unsaturated/α-hetero) is 2. The Hall–Kier alpha value is -2.43. The van der Waals surface area contributed by atoms with Crippen molar-refractivity contribution in [3.63, 3.8) is 0 Å². The van der Waals surface area contributed by atoms with Crippen LogP contribution in [0.5, 0.6) is 0 Å². The van der Waals surface area contributed by atoms with Crippen LogP contribution in [0, 0.1) is 16.7 Å². The van der Waals surface area contributed by atoms with Crippen LogP contribution in [-0.4, -0.2) is 44.4 Å². The van der Waals surface area contributed by atoms with Crippen molar-refractivity contribution < 1.29 is 41.1 Å². The van der Waals surface area contributed by atoms with Gasteiger partial charge in [-0.15, -0.1) is 0 Å². The molecule has 2 N–H and O–H groups in total. The van der Waals surface area contributed by atoms with Crippen LogP contribution < -0.4 is 5.32 Å². The molecule has 1 fully saturated rings. The summed E-state index contributed by atoms with van der Waals surface area (Å²) in [7, 11) is -3.40. The first kappa shape index (κ1) is 24.8. The monoisotopic (exact) mass is 463 g/mol. The number of ketones is 2. The van der Waals surface area contributed by atoms with Gasteiger partial charge in [0.2, 0.25) is 0 Å². The van der Waals surface area contributed by atoms with Gasteiger partial charge in [0.15, 0.2) is 26.8 Å². The number of benzene rings is 1. The largest absolute Gasteiger partial charge is 0.480 e. The van der Waals surface area contributed by atoms with Crippen LogP contribution in [0.4, 0.5) is 18.9 Å². The summed E-state index contributed by atoms with van der Waals surface area (Å²) in [6, 6.07) is 1.14. The molecule has 1 saturated carbocycles. The number of aliphatic carboxylic acids is 1. The fourth-order valence-corrected chi connectivity index (χ4v) is 4.97. The van der Waals surface area contributed by atoms with E-state index in [0.29, 0.717) is 31.2 Å². The van der Waals surface area contributed by atoms with E-state index < -0.39 is 72.0 Å². The predicted molar refractivity (Wildman–Crippen MR) is 106 cm³/mol. The van der Waals surface area contributed by atoms with Crippen molar-refractivity contribution in [3.05, 3.63) is 23.3 Å². The van der Waals surface area contributed by atoms with Crippen molar-refractivity contribution >= 4 is 33.1 Å². The minimum atomic E-state index is -4.95. The topological polar surface area (TPSA) is 118 Å². The standard InChI is InChI=1S/C20H24F3NO6S/c1-18(2,3)19(17(27)28,15(25)10-6-7-10)16(26)11-8-9-12(20(21,22)23)13(24-4)14(11)31(5,29)30/h8-10,24H,6-7H2,1-5H3,(H,27,28). The van der Waals surface area contributed by atoms with Crippen molar-refractivity contribution in [2.75, 3.05) is 18.6 Å². The average molecular weight is 463 g/mol. The Bertz CT molecular complexity index is 1050. The Kier molecular flexibility index (Phi) is 6.10. The summed E-state index contributed by atoms with van der Waals surface area (Å²) in [6.07, 6.45) is -3.57. The van der Waals surface area contributed by atoms with Crippen molar-refractivity contribution in [1.82, 2.24) is 0 Å². The van der Waals surface area contributed by atoms with Crippen molar-refractivity contribution in [2.45, 2.75) is 44.7 Å². The summed E-state index contributed by atoms with van der Waals surface area (Å²) in [5.74, 6) is -4.68. The molecule has 172 valence electrons. The van der Waals surface area contributed by atoms with Gasteiger partial charge in [-0.05, 0) is 30.4 Å².